The van der Waals surface area contributed by atoms with Gasteiger partial charge in [0.15, 0.2) is 23.0 Å². The molecule has 0 aliphatic heterocycles. The Morgan fingerprint density at radius 2 is 1.90 bits per heavy atom. The molecule has 0 saturated carbocycles. The van der Waals surface area contributed by atoms with Gasteiger partial charge in [-0.1, -0.05) is 6.92 Å². The van der Waals surface area contributed by atoms with Crippen molar-refractivity contribution in [1.82, 2.24) is 19.7 Å². The molecule has 0 saturated heterocycles. The summed E-state index contributed by atoms with van der Waals surface area (Å²) in [6.07, 6.45) is 3.61. The molecule has 1 unspecified atom stereocenters. The maximum atomic E-state index is 15.1. The number of nitrogens with one attached hydrogen (secondary N) is 3. The summed E-state index contributed by atoms with van der Waals surface area (Å²) < 4.78 is 35.6. The number of hydrogen-bond acceptors (Lipinski definition) is 7. The van der Waals surface area contributed by atoms with E-state index in [0.29, 0.717) is 34.5 Å². The zero-order valence-corrected chi connectivity index (χ0v) is 22.1. The lowest BCUT2D eigenvalue weighted by Gasteiger charge is -2.13. The van der Waals surface area contributed by atoms with Crippen LogP contribution >= 0.6 is 0 Å². The molecule has 5 aromatic rings. The summed E-state index contributed by atoms with van der Waals surface area (Å²) in [6.45, 7) is 3.51. The van der Waals surface area contributed by atoms with Crippen molar-refractivity contribution in [1.29, 1.82) is 0 Å². The second kappa shape index (κ2) is 11.6. The molecule has 0 fully saturated rings. The van der Waals surface area contributed by atoms with Crippen molar-refractivity contribution in [2.45, 2.75) is 26.3 Å². The Hall–Kier alpha value is -5.10. The van der Waals surface area contributed by atoms with Crippen LogP contribution in [0.25, 0.3) is 16.7 Å². The number of ether oxygens (including phenoxy) is 1. The van der Waals surface area contributed by atoms with Gasteiger partial charge in [-0.2, -0.15) is 5.10 Å². The Bertz CT molecular complexity index is 1790. The first-order valence-corrected chi connectivity index (χ1v) is 12.8. The molecular weight excluding hydrogens is 534 g/mol. The summed E-state index contributed by atoms with van der Waals surface area (Å²) in [7, 11) is 0. The summed E-state index contributed by atoms with van der Waals surface area (Å²) in [4.78, 5) is 30.5. The van der Waals surface area contributed by atoms with E-state index in [1.54, 1.807) is 19.2 Å². The van der Waals surface area contributed by atoms with Gasteiger partial charge in [-0.25, -0.2) is 13.8 Å². The van der Waals surface area contributed by atoms with E-state index >= 15 is 4.39 Å². The molecule has 0 aliphatic carbocycles. The Morgan fingerprint density at radius 3 is 2.61 bits per heavy atom. The fourth-order valence-corrected chi connectivity index (χ4v) is 4.16. The highest BCUT2D eigenvalue weighted by atomic mass is 19.1. The van der Waals surface area contributed by atoms with Gasteiger partial charge in [-0.05, 0) is 61.4 Å². The van der Waals surface area contributed by atoms with E-state index < -0.39 is 23.1 Å². The molecule has 1 atom stereocenters. The van der Waals surface area contributed by atoms with Gasteiger partial charge in [0.05, 0.1) is 6.61 Å². The minimum absolute atomic E-state index is 0.108. The number of benzene rings is 2. The number of carbonyl (C=O) groups is 1. The molecule has 10 nitrogen and oxygen atoms in total. The number of pyridine rings is 2. The van der Waals surface area contributed by atoms with Crippen LogP contribution in [0.1, 0.15) is 29.8 Å². The number of aromatic amines is 1. The summed E-state index contributed by atoms with van der Waals surface area (Å²) in [5.41, 5.74) is 0.871. The average molecular weight is 561 g/mol. The predicted octanol–water partition coefficient (Wildman–Crippen LogP) is 4.79. The number of hydrogen-bond donors (Lipinski definition) is 4. The summed E-state index contributed by atoms with van der Waals surface area (Å²) >= 11 is 0. The van der Waals surface area contributed by atoms with E-state index in [4.69, 9.17) is 4.74 Å². The summed E-state index contributed by atoms with van der Waals surface area (Å²) in [5.74, 6) is -1.41. The van der Waals surface area contributed by atoms with Crippen LogP contribution in [0.2, 0.25) is 0 Å². The van der Waals surface area contributed by atoms with Crippen molar-refractivity contribution in [3.05, 3.63) is 100 Å². The van der Waals surface area contributed by atoms with Gasteiger partial charge in [-0.15, -0.1) is 0 Å². The van der Waals surface area contributed by atoms with Crippen LogP contribution in [-0.4, -0.2) is 43.4 Å². The van der Waals surface area contributed by atoms with Crippen LogP contribution in [-0.2, 0) is 6.42 Å². The van der Waals surface area contributed by atoms with Crippen LogP contribution in [0.15, 0.2) is 71.8 Å². The zero-order chi connectivity index (χ0) is 29.1. The number of fused-ring (bicyclic) bond motifs is 1. The molecule has 0 aliphatic rings. The Balaban J connectivity index is 1.40. The van der Waals surface area contributed by atoms with Crippen LogP contribution in [0.4, 0.5) is 20.3 Å². The van der Waals surface area contributed by atoms with Crippen LogP contribution < -0.4 is 20.9 Å². The number of anilines is 2. The Kier molecular flexibility index (Phi) is 7.74. The van der Waals surface area contributed by atoms with Crippen molar-refractivity contribution in [3.8, 4) is 17.2 Å². The molecule has 210 valence electrons. The fourth-order valence-electron chi connectivity index (χ4n) is 4.16. The van der Waals surface area contributed by atoms with Crippen LogP contribution in [0, 0.1) is 11.6 Å². The minimum Gasteiger partial charge on any atom is -0.453 e. The van der Waals surface area contributed by atoms with E-state index in [-0.39, 0.29) is 35.4 Å². The lowest BCUT2D eigenvalue weighted by atomic mass is 10.1. The molecule has 0 radical (unpaired) electrons. The highest BCUT2D eigenvalue weighted by molar-refractivity contribution is 6.04. The molecular formula is C29H26F2N6O4. The average Bonchev–Trinajstić information content (AvgIpc) is 3.38. The van der Waals surface area contributed by atoms with Crippen LogP contribution in [0.3, 0.4) is 0 Å². The van der Waals surface area contributed by atoms with E-state index in [1.807, 2.05) is 6.92 Å². The maximum Gasteiger partial charge on any atom is 0.267 e. The van der Waals surface area contributed by atoms with Gasteiger partial charge in [0.1, 0.15) is 22.5 Å². The Morgan fingerprint density at radius 1 is 1.12 bits per heavy atom. The smallest absolute Gasteiger partial charge is 0.267 e. The first-order valence-electron chi connectivity index (χ1n) is 12.8. The number of aromatic nitrogens is 4. The third kappa shape index (κ3) is 5.77. The fraction of sp³-hybridized carbons (Fsp3) is 0.172. The number of nitrogens with zero attached hydrogens (tertiary/aromatic N) is 3. The number of aliphatic hydroxyl groups excluding tert-OH is 1. The first-order chi connectivity index (χ1) is 19.8. The first kappa shape index (κ1) is 27.5. The lowest BCUT2D eigenvalue weighted by Crippen LogP contribution is -2.28. The second-order valence-electron chi connectivity index (χ2n) is 9.30. The predicted molar refractivity (Wildman–Crippen MR) is 150 cm³/mol. The van der Waals surface area contributed by atoms with E-state index in [2.05, 4.69) is 25.8 Å². The van der Waals surface area contributed by atoms with Gasteiger partial charge < -0.3 is 20.5 Å². The van der Waals surface area contributed by atoms with Gasteiger partial charge in [0.25, 0.3) is 11.5 Å². The maximum absolute atomic E-state index is 15.1. The summed E-state index contributed by atoms with van der Waals surface area (Å²) in [5, 5.41) is 22.4. The van der Waals surface area contributed by atoms with E-state index in [1.165, 1.54) is 53.2 Å². The highest BCUT2D eigenvalue weighted by Crippen LogP contribution is 2.34. The number of halogens is 2. The molecule has 0 spiro atoms. The molecule has 5 rings (SSSR count). The summed E-state index contributed by atoms with van der Waals surface area (Å²) in [6, 6.07) is 11.9. The van der Waals surface area contributed by atoms with Gasteiger partial charge in [0, 0.05) is 41.9 Å². The van der Waals surface area contributed by atoms with Crippen LogP contribution in [0.5, 0.6) is 11.5 Å². The lowest BCUT2D eigenvalue weighted by molar-refractivity contribution is 0.102. The largest absolute Gasteiger partial charge is 0.453 e. The number of H-pyrrole nitrogens is 1. The second-order valence-corrected chi connectivity index (χ2v) is 9.30. The molecule has 3 heterocycles. The quantitative estimate of drug-likeness (QED) is 0.204. The number of carbonyl (C=O) groups excluding carboxylic acids is 1. The van der Waals surface area contributed by atoms with Gasteiger partial charge in [0.2, 0.25) is 0 Å². The SMILES string of the molecule is CCc1cc(C(=O)Nc2ccc(Oc3ccnc4[nH]nc(NC(C)CO)c34)c(F)c2)c(=O)n(-c2ccc(F)cc2)c1. The van der Waals surface area contributed by atoms with E-state index in [0.717, 1.165) is 6.07 Å². The van der Waals surface area contributed by atoms with Crippen molar-refractivity contribution >= 4 is 28.4 Å². The topological polar surface area (TPSA) is 134 Å². The zero-order valence-electron chi connectivity index (χ0n) is 22.1. The molecule has 0 bridgehead atoms. The van der Waals surface area contributed by atoms with Gasteiger partial charge in [-0.3, -0.25) is 19.3 Å². The molecule has 2 aromatic carbocycles. The third-order valence-corrected chi connectivity index (χ3v) is 6.32. The monoisotopic (exact) mass is 560 g/mol. The molecule has 1 amide bonds. The molecule has 41 heavy (non-hydrogen) atoms. The number of aryl methyl sites for hydroxylation is 1. The van der Waals surface area contributed by atoms with E-state index in [9.17, 15) is 19.1 Å². The number of aliphatic hydroxyl groups is 1. The number of amides is 1. The normalized spacial score (nSPS) is 11.8. The third-order valence-electron chi connectivity index (χ3n) is 6.32. The van der Waals surface area contributed by atoms with Crippen molar-refractivity contribution in [3.63, 3.8) is 0 Å². The number of rotatable bonds is 9. The van der Waals surface area contributed by atoms with Crippen molar-refractivity contribution in [2.75, 3.05) is 17.2 Å². The minimum atomic E-state index is -0.763. The van der Waals surface area contributed by atoms with Crippen molar-refractivity contribution in [2.24, 2.45) is 0 Å². The molecule has 12 heteroatoms. The molecule has 4 N–H and O–H groups in total. The van der Waals surface area contributed by atoms with Gasteiger partial charge >= 0.3 is 0 Å². The van der Waals surface area contributed by atoms with Crippen molar-refractivity contribution < 1.29 is 23.4 Å². The Labute approximate surface area is 232 Å². The standard InChI is InChI=1S/C29H26F2N6O4/c1-3-17-12-21(29(40)37(14-17)20-7-4-18(30)5-8-20)28(39)34-19-6-9-23(22(31)13-19)41-24-10-11-32-26-25(24)27(36-35-26)33-16(2)15-38/h4-14,16,38H,3,15H2,1-2H3,(H,34,39)(H2,32,33,35,36). The highest BCUT2D eigenvalue weighted by Gasteiger charge is 2.19. The molecule has 3 aromatic heterocycles.